The molecule has 0 aliphatic heterocycles. The highest BCUT2D eigenvalue weighted by Gasteiger charge is 2.18. The monoisotopic (exact) mass is 234 g/mol. The Kier molecular flexibility index (Phi) is 7.23. The molecule has 0 saturated heterocycles. The summed E-state index contributed by atoms with van der Waals surface area (Å²) in [5.74, 6) is -0.317. The van der Waals surface area contributed by atoms with Crippen molar-refractivity contribution in [3.05, 3.63) is 0 Å². The van der Waals surface area contributed by atoms with E-state index in [4.69, 9.17) is 10.2 Å². The lowest BCUT2D eigenvalue weighted by molar-refractivity contribution is -0.122. The second-order valence-electron chi connectivity index (χ2n) is 3.15. The Hall–Kier alpha value is -1.34. The average molecular weight is 234 g/mol. The molecule has 2 unspecified atom stereocenters. The molecule has 0 aromatic rings. The zero-order valence-electron chi connectivity index (χ0n) is 9.40. The summed E-state index contributed by atoms with van der Waals surface area (Å²) < 4.78 is 4.58. The Balaban J connectivity index is 3.97. The van der Waals surface area contributed by atoms with Gasteiger partial charge in [-0.15, -0.1) is 0 Å². The molecule has 94 valence electrons. The molecule has 0 aliphatic carbocycles. The molecule has 0 spiro atoms. The number of hydrogen-bond donors (Lipinski definition) is 4. The van der Waals surface area contributed by atoms with Crippen molar-refractivity contribution in [3.8, 4) is 0 Å². The molecule has 0 aromatic carbocycles. The fraction of sp³-hybridized carbons (Fsp3) is 0.778. The van der Waals surface area contributed by atoms with E-state index in [2.05, 4.69) is 15.4 Å². The van der Waals surface area contributed by atoms with E-state index in [-0.39, 0.29) is 12.5 Å². The van der Waals surface area contributed by atoms with Crippen LogP contribution in [0.4, 0.5) is 4.79 Å². The number of likely N-dealkylation sites (N-methyl/N-ethyl adjacent to an activating group) is 1. The lowest BCUT2D eigenvalue weighted by Crippen LogP contribution is -2.45. The van der Waals surface area contributed by atoms with Crippen LogP contribution in [0.3, 0.4) is 0 Å². The third-order valence-corrected chi connectivity index (χ3v) is 1.88. The van der Waals surface area contributed by atoms with Crippen molar-refractivity contribution in [2.75, 3.05) is 20.3 Å². The fourth-order valence-corrected chi connectivity index (χ4v) is 0.936. The van der Waals surface area contributed by atoms with Crippen molar-refractivity contribution >= 4 is 12.0 Å². The normalized spacial score (nSPS) is 13.8. The van der Waals surface area contributed by atoms with Gasteiger partial charge in [0.05, 0.1) is 6.61 Å². The second kappa shape index (κ2) is 7.89. The van der Waals surface area contributed by atoms with E-state index >= 15 is 0 Å². The first kappa shape index (κ1) is 14.7. The molecule has 2 amide bonds. The van der Waals surface area contributed by atoms with Gasteiger partial charge in [0, 0.05) is 7.05 Å². The highest BCUT2D eigenvalue weighted by atomic mass is 16.6. The van der Waals surface area contributed by atoms with E-state index in [1.165, 1.54) is 7.05 Å². The Bertz CT molecular complexity index is 234. The lowest BCUT2D eigenvalue weighted by Gasteiger charge is -2.15. The van der Waals surface area contributed by atoms with E-state index in [1.807, 2.05) is 0 Å². The minimum absolute atomic E-state index is 0.313. The molecule has 16 heavy (non-hydrogen) atoms. The maximum absolute atomic E-state index is 11.2. The molecule has 7 heteroatoms. The van der Waals surface area contributed by atoms with Gasteiger partial charge in [0.2, 0.25) is 5.91 Å². The summed E-state index contributed by atoms with van der Waals surface area (Å²) >= 11 is 0. The minimum Gasteiger partial charge on any atom is -0.447 e. The molecule has 0 fully saturated rings. The SMILES string of the molecule is CCC(NC(=O)OCC(O)CO)C(=O)NC. The Morgan fingerprint density at radius 2 is 2.06 bits per heavy atom. The third kappa shape index (κ3) is 5.52. The zero-order chi connectivity index (χ0) is 12.6. The number of aliphatic hydroxyl groups is 2. The predicted octanol–water partition coefficient (Wildman–Crippen LogP) is -1.41. The van der Waals surface area contributed by atoms with Crippen molar-refractivity contribution in [2.45, 2.75) is 25.5 Å². The molecule has 0 rings (SSSR count). The van der Waals surface area contributed by atoms with Crippen LogP contribution in [0.1, 0.15) is 13.3 Å². The number of rotatable bonds is 6. The highest BCUT2D eigenvalue weighted by Crippen LogP contribution is 1.93. The van der Waals surface area contributed by atoms with E-state index in [0.29, 0.717) is 6.42 Å². The van der Waals surface area contributed by atoms with Gasteiger partial charge in [-0.2, -0.15) is 0 Å². The summed E-state index contributed by atoms with van der Waals surface area (Å²) in [6.45, 7) is 0.940. The minimum atomic E-state index is -1.11. The van der Waals surface area contributed by atoms with E-state index < -0.39 is 24.8 Å². The summed E-state index contributed by atoms with van der Waals surface area (Å²) in [7, 11) is 1.47. The zero-order valence-corrected chi connectivity index (χ0v) is 9.40. The van der Waals surface area contributed by atoms with Gasteiger partial charge in [0.15, 0.2) is 0 Å². The summed E-state index contributed by atoms with van der Waals surface area (Å²) in [6.07, 6.45) is -1.48. The van der Waals surface area contributed by atoms with Gasteiger partial charge >= 0.3 is 6.09 Å². The van der Waals surface area contributed by atoms with Crippen LogP contribution in [0.15, 0.2) is 0 Å². The van der Waals surface area contributed by atoms with Gasteiger partial charge in [0.1, 0.15) is 18.8 Å². The van der Waals surface area contributed by atoms with Crippen LogP contribution in [0.25, 0.3) is 0 Å². The van der Waals surface area contributed by atoms with Gasteiger partial charge in [0.25, 0.3) is 0 Å². The molecule has 0 saturated carbocycles. The number of hydrogen-bond acceptors (Lipinski definition) is 5. The smallest absolute Gasteiger partial charge is 0.407 e. The van der Waals surface area contributed by atoms with Gasteiger partial charge in [-0.3, -0.25) is 4.79 Å². The Morgan fingerprint density at radius 3 is 2.50 bits per heavy atom. The van der Waals surface area contributed by atoms with Crippen molar-refractivity contribution in [1.29, 1.82) is 0 Å². The summed E-state index contributed by atoms with van der Waals surface area (Å²) in [5, 5.41) is 22.1. The predicted molar refractivity (Wildman–Crippen MR) is 55.7 cm³/mol. The van der Waals surface area contributed by atoms with Crippen molar-refractivity contribution in [2.24, 2.45) is 0 Å². The third-order valence-electron chi connectivity index (χ3n) is 1.88. The number of nitrogens with one attached hydrogen (secondary N) is 2. The van der Waals surface area contributed by atoms with Crippen LogP contribution in [0.2, 0.25) is 0 Å². The van der Waals surface area contributed by atoms with Gasteiger partial charge in [-0.05, 0) is 6.42 Å². The first-order valence-corrected chi connectivity index (χ1v) is 4.98. The topological polar surface area (TPSA) is 108 Å². The maximum Gasteiger partial charge on any atom is 0.407 e. The summed E-state index contributed by atoms with van der Waals surface area (Å²) in [6, 6.07) is -0.663. The maximum atomic E-state index is 11.2. The number of carbonyl (C=O) groups is 2. The number of alkyl carbamates (subject to hydrolysis) is 1. The largest absolute Gasteiger partial charge is 0.447 e. The number of amides is 2. The summed E-state index contributed by atoms with van der Waals surface area (Å²) in [4.78, 5) is 22.3. The highest BCUT2D eigenvalue weighted by molar-refractivity contribution is 5.85. The van der Waals surface area contributed by atoms with Crippen molar-refractivity contribution in [1.82, 2.24) is 10.6 Å². The first-order chi connectivity index (χ1) is 7.54. The van der Waals surface area contributed by atoms with Crippen LogP contribution < -0.4 is 10.6 Å². The molecule has 0 radical (unpaired) electrons. The quantitative estimate of drug-likeness (QED) is 0.451. The number of aliphatic hydroxyl groups excluding tert-OH is 2. The Labute approximate surface area is 93.8 Å². The van der Waals surface area contributed by atoms with Crippen LogP contribution in [-0.4, -0.2) is 54.6 Å². The molecule has 0 bridgehead atoms. The van der Waals surface area contributed by atoms with E-state index in [0.717, 1.165) is 0 Å². The van der Waals surface area contributed by atoms with Gasteiger partial charge in [-0.25, -0.2) is 4.79 Å². The van der Waals surface area contributed by atoms with Crippen LogP contribution >= 0.6 is 0 Å². The second-order valence-corrected chi connectivity index (χ2v) is 3.15. The molecule has 0 aliphatic rings. The van der Waals surface area contributed by atoms with E-state index in [1.54, 1.807) is 6.92 Å². The van der Waals surface area contributed by atoms with Gasteiger partial charge in [-0.1, -0.05) is 6.92 Å². The average Bonchev–Trinajstić information content (AvgIpc) is 2.31. The fourth-order valence-electron chi connectivity index (χ4n) is 0.936. The molecular formula is C9H18N2O5. The van der Waals surface area contributed by atoms with Crippen LogP contribution in [0.5, 0.6) is 0 Å². The Morgan fingerprint density at radius 1 is 1.44 bits per heavy atom. The first-order valence-electron chi connectivity index (χ1n) is 4.98. The van der Waals surface area contributed by atoms with Crippen molar-refractivity contribution < 1.29 is 24.5 Å². The summed E-state index contributed by atoms with van der Waals surface area (Å²) in [5.41, 5.74) is 0. The van der Waals surface area contributed by atoms with Crippen molar-refractivity contribution in [3.63, 3.8) is 0 Å². The number of carbonyl (C=O) groups excluding carboxylic acids is 2. The molecular weight excluding hydrogens is 216 g/mol. The van der Waals surface area contributed by atoms with Gasteiger partial charge < -0.3 is 25.6 Å². The number of ether oxygens (including phenoxy) is 1. The lowest BCUT2D eigenvalue weighted by atomic mass is 10.2. The molecule has 7 nitrogen and oxygen atoms in total. The van der Waals surface area contributed by atoms with Crippen LogP contribution in [-0.2, 0) is 9.53 Å². The van der Waals surface area contributed by atoms with E-state index in [9.17, 15) is 9.59 Å². The molecule has 4 N–H and O–H groups in total. The molecule has 0 heterocycles. The molecule has 2 atom stereocenters. The molecule has 0 aromatic heterocycles. The standard InChI is InChI=1S/C9H18N2O5/c1-3-7(8(14)10-2)11-9(15)16-5-6(13)4-12/h6-7,12-13H,3-5H2,1-2H3,(H,10,14)(H,11,15). The van der Waals surface area contributed by atoms with Crippen LogP contribution in [0, 0.1) is 0 Å².